The molecule has 4 aromatic carbocycles. The van der Waals surface area contributed by atoms with Crippen LogP contribution in [0.4, 0.5) is 0 Å². The molecule has 8 heteroatoms. The normalized spacial score (nSPS) is 18.2. The Morgan fingerprint density at radius 2 is 1.33 bits per heavy atom. The number of carbonyl (C=O) groups excluding carboxylic acids is 3. The lowest BCUT2D eigenvalue weighted by molar-refractivity contribution is -0.134. The fraction of sp³-hybridized carbons (Fsp3) is 0.341. The first-order chi connectivity index (χ1) is 23.9. The van der Waals surface area contributed by atoms with Crippen LogP contribution < -0.4 is 20.7 Å². The smallest absolute Gasteiger partial charge is 0.243 e. The second-order valence-corrected chi connectivity index (χ2v) is 12.7. The molecule has 256 valence electrons. The molecule has 49 heavy (non-hydrogen) atoms. The van der Waals surface area contributed by atoms with E-state index >= 15 is 0 Å². The Bertz CT molecular complexity index is 1660. The van der Waals surface area contributed by atoms with Gasteiger partial charge in [-0.2, -0.15) is 0 Å². The van der Waals surface area contributed by atoms with Crippen molar-refractivity contribution in [1.82, 2.24) is 20.9 Å². The van der Waals surface area contributed by atoms with Gasteiger partial charge in [0.2, 0.25) is 17.7 Å². The summed E-state index contributed by atoms with van der Waals surface area (Å²) in [5.41, 5.74) is 3.83. The van der Waals surface area contributed by atoms with Crippen LogP contribution in [0.3, 0.4) is 0 Å². The molecule has 5 rings (SSSR count). The fourth-order valence-electron chi connectivity index (χ4n) is 6.33. The van der Waals surface area contributed by atoms with Crippen LogP contribution in [0.15, 0.2) is 109 Å². The van der Waals surface area contributed by atoms with E-state index in [0.717, 1.165) is 48.2 Å². The van der Waals surface area contributed by atoms with Crippen LogP contribution >= 0.6 is 0 Å². The number of hydrogen-bond donors (Lipinski definition) is 3. The summed E-state index contributed by atoms with van der Waals surface area (Å²) >= 11 is 0. The van der Waals surface area contributed by atoms with Gasteiger partial charge in [-0.1, -0.05) is 98.8 Å². The summed E-state index contributed by atoms with van der Waals surface area (Å²) in [6, 6.07) is 32.8. The minimum absolute atomic E-state index is 0.205. The van der Waals surface area contributed by atoms with Gasteiger partial charge in [-0.15, -0.1) is 0 Å². The van der Waals surface area contributed by atoms with Crippen LogP contribution in [0.25, 0.3) is 0 Å². The average molecular weight is 661 g/mol. The van der Waals surface area contributed by atoms with Gasteiger partial charge in [-0.25, -0.2) is 0 Å². The summed E-state index contributed by atoms with van der Waals surface area (Å²) in [5.74, 6) is 0.404. The first-order valence-corrected chi connectivity index (χ1v) is 17.5. The van der Waals surface area contributed by atoms with E-state index < -0.39 is 18.1 Å². The minimum Gasteiger partial charge on any atom is -0.457 e. The van der Waals surface area contributed by atoms with Gasteiger partial charge >= 0.3 is 0 Å². The fourth-order valence-corrected chi connectivity index (χ4v) is 6.33. The Morgan fingerprint density at radius 1 is 0.735 bits per heavy atom. The Kier molecular flexibility index (Phi) is 13.0. The number of nitrogens with zero attached hydrogens (tertiary/aromatic N) is 1. The van der Waals surface area contributed by atoms with Crippen LogP contribution in [-0.2, 0) is 40.2 Å². The zero-order chi connectivity index (χ0) is 34.4. The van der Waals surface area contributed by atoms with Gasteiger partial charge in [-0.3, -0.25) is 19.3 Å². The Balaban J connectivity index is 1.51. The van der Waals surface area contributed by atoms with E-state index in [2.05, 4.69) is 34.7 Å². The molecular formula is C41H48N4O4. The lowest BCUT2D eigenvalue weighted by Crippen LogP contribution is -2.57. The molecule has 1 aliphatic rings. The number of carbonyl (C=O) groups is 3. The summed E-state index contributed by atoms with van der Waals surface area (Å²) in [5, 5.41) is 9.18. The molecule has 0 spiro atoms. The number of benzene rings is 4. The summed E-state index contributed by atoms with van der Waals surface area (Å²) in [4.78, 5) is 44.5. The molecule has 8 nitrogen and oxygen atoms in total. The number of nitrogens with one attached hydrogen (secondary N) is 3. The molecule has 1 heterocycles. The minimum atomic E-state index is -0.883. The second kappa shape index (κ2) is 18.0. The van der Waals surface area contributed by atoms with Gasteiger partial charge in [0.05, 0.1) is 6.04 Å². The predicted molar refractivity (Wildman–Crippen MR) is 193 cm³/mol. The van der Waals surface area contributed by atoms with E-state index in [1.807, 2.05) is 109 Å². The molecule has 0 unspecified atom stereocenters. The molecule has 3 N–H and O–H groups in total. The van der Waals surface area contributed by atoms with Crippen LogP contribution in [0, 0.1) is 0 Å². The van der Waals surface area contributed by atoms with Gasteiger partial charge < -0.3 is 20.7 Å². The quantitative estimate of drug-likeness (QED) is 0.184. The highest BCUT2D eigenvalue weighted by atomic mass is 16.5. The average Bonchev–Trinajstić information content (AvgIpc) is 3.11. The van der Waals surface area contributed by atoms with E-state index in [4.69, 9.17) is 4.74 Å². The van der Waals surface area contributed by atoms with Gasteiger partial charge in [0.25, 0.3) is 0 Å². The lowest BCUT2D eigenvalue weighted by atomic mass is 9.99. The molecule has 4 bridgehead atoms. The van der Waals surface area contributed by atoms with Crippen LogP contribution in [-0.4, -0.2) is 53.8 Å². The molecular weight excluding hydrogens is 612 g/mol. The SMILES string of the molecule is CCCN(CCC)[C@H]1Cc2cccc(c2)Oc2cccc(c2)C[C@@H](C(=O)NCc2ccccc2)NC(=O)[C@H](CCc2ccccc2)NC1=O. The molecule has 0 aromatic heterocycles. The van der Waals surface area contributed by atoms with Gasteiger partial charge in [0, 0.05) is 13.0 Å². The van der Waals surface area contributed by atoms with Gasteiger partial charge in [0.15, 0.2) is 0 Å². The van der Waals surface area contributed by atoms with Crippen LogP contribution in [0.2, 0.25) is 0 Å². The third-order valence-corrected chi connectivity index (χ3v) is 8.81. The van der Waals surface area contributed by atoms with Crippen molar-refractivity contribution in [2.24, 2.45) is 0 Å². The first kappa shape index (κ1) is 35.4. The molecule has 0 aliphatic carbocycles. The maximum absolute atomic E-state index is 14.3. The van der Waals surface area contributed by atoms with Gasteiger partial charge in [0.1, 0.15) is 23.6 Å². The van der Waals surface area contributed by atoms with Gasteiger partial charge in [-0.05, 0) is 91.7 Å². The Labute approximate surface area is 290 Å². The summed E-state index contributed by atoms with van der Waals surface area (Å²) < 4.78 is 6.29. The van der Waals surface area contributed by atoms with E-state index in [9.17, 15) is 14.4 Å². The highest BCUT2D eigenvalue weighted by Gasteiger charge is 2.32. The van der Waals surface area contributed by atoms with E-state index in [1.54, 1.807) is 0 Å². The third kappa shape index (κ3) is 10.5. The van der Waals surface area contributed by atoms with E-state index in [1.165, 1.54) is 0 Å². The highest BCUT2D eigenvalue weighted by molar-refractivity contribution is 5.93. The van der Waals surface area contributed by atoms with Crippen molar-refractivity contribution >= 4 is 17.7 Å². The number of aryl methyl sites for hydroxylation is 1. The van der Waals surface area contributed by atoms with Crippen molar-refractivity contribution in [1.29, 1.82) is 0 Å². The number of rotatable bonds is 11. The van der Waals surface area contributed by atoms with Crippen molar-refractivity contribution in [3.05, 3.63) is 131 Å². The standard InChI is InChI=1S/C41H48N4O4/c1-3-23-45(24-4-2)38-28-33-18-12-20-35(26-33)49-34-19-11-17-32(25-34)27-37(39(46)42-29-31-15-9-6-10-16-31)44-40(47)36(43-41(38)48)22-21-30-13-7-5-8-14-30/h5-20,25-26,36-38H,3-4,21-24,27-29H2,1-2H3,(H,42,46)(H,43,48)(H,44,47)/t36-,37-,38-/m0/s1. The molecule has 0 saturated carbocycles. The van der Waals surface area contributed by atoms with E-state index in [-0.39, 0.29) is 24.1 Å². The number of ether oxygens (including phenoxy) is 1. The van der Waals surface area contributed by atoms with Crippen molar-refractivity contribution in [2.45, 2.75) is 77.0 Å². The zero-order valence-corrected chi connectivity index (χ0v) is 28.6. The van der Waals surface area contributed by atoms with Crippen molar-refractivity contribution in [2.75, 3.05) is 13.1 Å². The Hall–Kier alpha value is -4.95. The monoisotopic (exact) mass is 660 g/mol. The van der Waals surface area contributed by atoms with Crippen molar-refractivity contribution in [3.8, 4) is 11.5 Å². The molecule has 4 aromatic rings. The Morgan fingerprint density at radius 3 is 1.94 bits per heavy atom. The maximum atomic E-state index is 14.3. The van der Waals surface area contributed by atoms with Crippen molar-refractivity contribution in [3.63, 3.8) is 0 Å². The second-order valence-electron chi connectivity index (χ2n) is 12.7. The summed E-state index contributed by atoms with van der Waals surface area (Å²) in [7, 11) is 0. The first-order valence-electron chi connectivity index (χ1n) is 17.5. The topological polar surface area (TPSA) is 99.8 Å². The van der Waals surface area contributed by atoms with Crippen molar-refractivity contribution < 1.29 is 19.1 Å². The highest BCUT2D eigenvalue weighted by Crippen LogP contribution is 2.25. The molecule has 3 atom stereocenters. The van der Waals surface area contributed by atoms with Crippen LogP contribution in [0.1, 0.15) is 55.4 Å². The molecule has 0 fully saturated rings. The third-order valence-electron chi connectivity index (χ3n) is 8.81. The number of hydrogen-bond acceptors (Lipinski definition) is 5. The molecule has 3 amide bonds. The van der Waals surface area contributed by atoms with Crippen LogP contribution in [0.5, 0.6) is 11.5 Å². The molecule has 1 aliphatic heterocycles. The molecule has 0 saturated heterocycles. The number of amides is 3. The zero-order valence-electron chi connectivity index (χ0n) is 28.6. The number of fused-ring (bicyclic) bond motifs is 4. The van der Waals surface area contributed by atoms with E-state index in [0.29, 0.717) is 37.3 Å². The summed E-state index contributed by atoms with van der Waals surface area (Å²) in [6.07, 6.45) is 3.45. The lowest BCUT2D eigenvalue weighted by Gasteiger charge is -2.32. The predicted octanol–water partition coefficient (Wildman–Crippen LogP) is 5.99. The largest absolute Gasteiger partial charge is 0.457 e. The summed E-state index contributed by atoms with van der Waals surface area (Å²) in [6.45, 7) is 6.04. The maximum Gasteiger partial charge on any atom is 0.243 e. The molecule has 0 radical (unpaired) electrons.